The molecule has 0 aliphatic rings. The Balaban J connectivity index is 3.96. The maximum Gasteiger partial charge on any atom is 0.306 e. The van der Waals surface area contributed by atoms with Crippen molar-refractivity contribution in [2.75, 3.05) is 20.3 Å². The largest absolute Gasteiger partial charge is 0.469 e. The van der Waals surface area contributed by atoms with Crippen LogP contribution in [0.1, 0.15) is 13.3 Å². The summed E-state index contributed by atoms with van der Waals surface area (Å²) in [5.74, 6) is -0.341. The van der Waals surface area contributed by atoms with E-state index in [1.165, 1.54) is 7.11 Å². The molecule has 0 radical (unpaired) electrons. The van der Waals surface area contributed by atoms with Gasteiger partial charge in [0.05, 0.1) is 20.1 Å². The molecule has 0 rings (SSSR count). The number of carbonyl (C=O) groups excluding carboxylic acids is 1. The maximum atomic E-state index is 10.8. The second-order valence-corrected chi connectivity index (χ2v) is 2.93. The van der Waals surface area contributed by atoms with Gasteiger partial charge < -0.3 is 15.6 Å². The van der Waals surface area contributed by atoms with Crippen LogP contribution in [-0.4, -0.2) is 31.3 Å². The van der Waals surface area contributed by atoms with Crippen molar-refractivity contribution < 1.29 is 14.6 Å². The van der Waals surface area contributed by atoms with Crippen molar-refractivity contribution in [3.63, 3.8) is 0 Å². The van der Waals surface area contributed by atoms with Crippen LogP contribution in [0.4, 0.5) is 0 Å². The van der Waals surface area contributed by atoms with Gasteiger partial charge >= 0.3 is 5.97 Å². The van der Waals surface area contributed by atoms with E-state index in [1.54, 1.807) is 6.92 Å². The summed E-state index contributed by atoms with van der Waals surface area (Å²) in [5, 5.41) is 8.84. The predicted octanol–water partition coefficient (Wildman–Crippen LogP) is -0.493. The van der Waals surface area contributed by atoms with Gasteiger partial charge in [-0.3, -0.25) is 4.79 Å². The molecule has 0 bridgehead atoms. The molecule has 0 amide bonds. The molecule has 66 valence electrons. The number of methoxy groups -OCH3 is 1. The van der Waals surface area contributed by atoms with Crippen LogP contribution in [0.15, 0.2) is 0 Å². The number of aliphatic hydroxyl groups excluding tert-OH is 1. The number of rotatable bonds is 4. The van der Waals surface area contributed by atoms with E-state index in [2.05, 4.69) is 4.74 Å². The Hall–Kier alpha value is -0.610. The van der Waals surface area contributed by atoms with E-state index in [-0.39, 0.29) is 25.5 Å². The van der Waals surface area contributed by atoms with E-state index in [1.807, 2.05) is 0 Å². The molecule has 0 aromatic carbocycles. The number of aliphatic hydroxyl groups is 1. The number of ether oxygens (including phenoxy) is 1. The molecule has 4 heteroatoms. The third kappa shape index (κ3) is 3.34. The lowest BCUT2D eigenvalue weighted by atomic mass is 9.88. The van der Waals surface area contributed by atoms with Crippen molar-refractivity contribution in [1.82, 2.24) is 0 Å². The van der Waals surface area contributed by atoms with Gasteiger partial charge in [0, 0.05) is 12.0 Å². The monoisotopic (exact) mass is 161 g/mol. The van der Waals surface area contributed by atoms with Gasteiger partial charge in [0.1, 0.15) is 0 Å². The summed E-state index contributed by atoms with van der Waals surface area (Å²) in [7, 11) is 1.32. The van der Waals surface area contributed by atoms with Crippen molar-refractivity contribution >= 4 is 5.97 Å². The first-order valence-electron chi connectivity index (χ1n) is 3.46. The summed E-state index contributed by atoms with van der Waals surface area (Å²) in [6.07, 6.45) is 0.163. The molecule has 1 atom stereocenters. The minimum absolute atomic E-state index is 0.0986. The number of nitrogens with two attached hydrogens (primary N) is 1. The summed E-state index contributed by atoms with van der Waals surface area (Å²) < 4.78 is 4.44. The molecule has 0 heterocycles. The van der Waals surface area contributed by atoms with E-state index >= 15 is 0 Å². The number of esters is 1. The molecule has 1 unspecified atom stereocenters. The van der Waals surface area contributed by atoms with Gasteiger partial charge in [-0.1, -0.05) is 6.92 Å². The van der Waals surface area contributed by atoms with Crippen molar-refractivity contribution in [3.05, 3.63) is 0 Å². The van der Waals surface area contributed by atoms with Gasteiger partial charge in [0.2, 0.25) is 0 Å². The fourth-order valence-electron chi connectivity index (χ4n) is 0.613. The van der Waals surface area contributed by atoms with Crippen molar-refractivity contribution in [1.29, 1.82) is 0 Å². The van der Waals surface area contributed by atoms with E-state index < -0.39 is 5.41 Å². The summed E-state index contributed by atoms with van der Waals surface area (Å²) in [4.78, 5) is 10.8. The Morgan fingerprint density at radius 1 is 1.73 bits per heavy atom. The summed E-state index contributed by atoms with van der Waals surface area (Å²) in [6.45, 7) is 1.92. The zero-order chi connectivity index (χ0) is 8.91. The minimum Gasteiger partial charge on any atom is -0.469 e. The topological polar surface area (TPSA) is 72.5 Å². The second kappa shape index (κ2) is 4.31. The average molecular weight is 161 g/mol. The third-order valence-corrected chi connectivity index (χ3v) is 1.67. The molecule has 3 N–H and O–H groups in total. The highest BCUT2D eigenvalue weighted by Gasteiger charge is 2.25. The van der Waals surface area contributed by atoms with Crippen molar-refractivity contribution in [2.24, 2.45) is 11.1 Å². The molecule has 0 aromatic rings. The van der Waals surface area contributed by atoms with Crippen LogP contribution >= 0.6 is 0 Å². The van der Waals surface area contributed by atoms with Crippen LogP contribution in [0.5, 0.6) is 0 Å². The van der Waals surface area contributed by atoms with E-state index in [4.69, 9.17) is 10.8 Å². The second-order valence-electron chi connectivity index (χ2n) is 2.93. The first-order valence-corrected chi connectivity index (χ1v) is 3.46. The lowest BCUT2D eigenvalue weighted by molar-refractivity contribution is -0.143. The molecule has 0 aromatic heterocycles. The highest BCUT2D eigenvalue weighted by molar-refractivity contribution is 5.70. The lowest BCUT2D eigenvalue weighted by Gasteiger charge is -2.23. The smallest absolute Gasteiger partial charge is 0.306 e. The standard InChI is InChI=1S/C7H15NO3/c1-7(4-8,5-9)3-6(10)11-2/h9H,3-5,8H2,1-2H3. The highest BCUT2D eigenvalue weighted by atomic mass is 16.5. The van der Waals surface area contributed by atoms with Crippen LogP contribution < -0.4 is 5.73 Å². The highest BCUT2D eigenvalue weighted by Crippen LogP contribution is 2.18. The van der Waals surface area contributed by atoms with Crippen LogP contribution in [0.3, 0.4) is 0 Å². The molecule has 4 nitrogen and oxygen atoms in total. The normalized spacial score (nSPS) is 15.6. The first-order chi connectivity index (χ1) is 5.08. The molecular formula is C7H15NO3. The maximum absolute atomic E-state index is 10.8. The SMILES string of the molecule is COC(=O)CC(C)(CN)CO. The Labute approximate surface area is 66.3 Å². The van der Waals surface area contributed by atoms with Crippen LogP contribution in [-0.2, 0) is 9.53 Å². The van der Waals surface area contributed by atoms with Gasteiger partial charge in [-0.2, -0.15) is 0 Å². The Kier molecular flexibility index (Phi) is 4.07. The molecular weight excluding hydrogens is 146 g/mol. The van der Waals surface area contributed by atoms with Gasteiger partial charge in [-0.15, -0.1) is 0 Å². The van der Waals surface area contributed by atoms with Gasteiger partial charge in [-0.25, -0.2) is 0 Å². The third-order valence-electron chi connectivity index (χ3n) is 1.67. The summed E-state index contributed by atoms with van der Waals surface area (Å²) in [6, 6.07) is 0. The van der Waals surface area contributed by atoms with Gasteiger partial charge in [-0.05, 0) is 0 Å². The summed E-state index contributed by atoms with van der Waals surface area (Å²) in [5.41, 5.74) is 4.82. The zero-order valence-corrected chi connectivity index (χ0v) is 6.96. The lowest BCUT2D eigenvalue weighted by Crippen LogP contribution is -2.33. The van der Waals surface area contributed by atoms with Gasteiger partial charge in [0.15, 0.2) is 0 Å². The molecule has 0 saturated heterocycles. The zero-order valence-electron chi connectivity index (χ0n) is 6.96. The quantitative estimate of drug-likeness (QED) is 0.545. The number of hydrogen-bond acceptors (Lipinski definition) is 4. The van der Waals surface area contributed by atoms with E-state index in [0.29, 0.717) is 0 Å². The molecule has 0 aliphatic heterocycles. The molecule has 0 aliphatic carbocycles. The van der Waals surface area contributed by atoms with Crippen LogP contribution in [0, 0.1) is 5.41 Å². The van der Waals surface area contributed by atoms with Gasteiger partial charge in [0.25, 0.3) is 0 Å². The Morgan fingerprint density at radius 3 is 2.55 bits per heavy atom. The van der Waals surface area contributed by atoms with Crippen LogP contribution in [0.2, 0.25) is 0 Å². The molecule has 11 heavy (non-hydrogen) atoms. The molecule has 0 fully saturated rings. The minimum atomic E-state index is -0.535. The van der Waals surface area contributed by atoms with Crippen molar-refractivity contribution in [2.45, 2.75) is 13.3 Å². The Bertz CT molecular complexity index is 132. The fourth-order valence-corrected chi connectivity index (χ4v) is 0.613. The van der Waals surface area contributed by atoms with E-state index in [9.17, 15) is 4.79 Å². The average Bonchev–Trinajstić information content (AvgIpc) is 2.04. The molecule has 0 spiro atoms. The fraction of sp³-hybridized carbons (Fsp3) is 0.857. The van der Waals surface area contributed by atoms with Crippen LogP contribution in [0.25, 0.3) is 0 Å². The first kappa shape index (κ1) is 10.4. The Morgan fingerprint density at radius 2 is 2.27 bits per heavy atom. The number of carbonyl (C=O) groups is 1. The summed E-state index contributed by atoms with van der Waals surface area (Å²) >= 11 is 0. The molecule has 0 saturated carbocycles. The number of hydrogen-bond donors (Lipinski definition) is 2. The predicted molar refractivity (Wildman–Crippen MR) is 40.9 cm³/mol. The van der Waals surface area contributed by atoms with Crippen molar-refractivity contribution in [3.8, 4) is 0 Å². The van der Waals surface area contributed by atoms with E-state index in [0.717, 1.165) is 0 Å².